The Bertz CT molecular complexity index is 417. The van der Waals surface area contributed by atoms with Crippen molar-refractivity contribution in [1.29, 1.82) is 0 Å². The molecule has 106 valence electrons. The molecule has 1 aromatic rings. The number of likely N-dealkylation sites (tertiary alicyclic amines) is 1. The summed E-state index contributed by atoms with van der Waals surface area (Å²) in [5.74, 6) is 0.535. The molecule has 19 heavy (non-hydrogen) atoms. The van der Waals surface area contributed by atoms with Crippen molar-refractivity contribution in [3.05, 3.63) is 21.9 Å². The minimum absolute atomic E-state index is 0.0415. The van der Waals surface area contributed by atoms with Crippen LogP contribution in [0.4, 0.5) is 0 Å². The van der Waals surface area contributed by atoms with Gasteiger partial charge in [0.25, 0.3) is 0 Å². The second kappa shape index (κ2) is 5.94. The second-order valence-corrected chi connectivity index (χ2v) is 7.32. The molecule has 0 bridgehead atoms. The molecule has 0 aromatic carbocycles. The van der Waals surface area contributed by atoms with E-state index in [0.29, 0.717) is 12.0 Å². The molecule has 1 aromatic heterocycles. The highest BCUT2D eigenvalue weighted by atomic mass is 32.1. The van der Waals surface area contributed by atoms with Crippen LogP contribution in [0.2, 0.25) is 0 Å². The fourth-order valence-electron chi connectivity index (χ4n) is 3.85. The van der Waals surface area contributed by atoms with Gasteiger partial charge in [-0.25, -0.2) is 0 Å². The van der Waals surface area contributed by atoms with Crippen LogP contribution in [-0.2, 0) is 13.0 Å². The standard InChI is InChI=1S/C16H25NOS/c1-2-12-8-9-13(19-12)11-17-10-4-6-15(17)14-5-3-7-16(14)18/h8-9,14-16,18H,2-7,10-11H2,1H3. The smallest absolute Gasteiger partial charge is 0.0583 e. The fourth-order valence-corrected chi connectivity index (χ4v) is 4.83. The third-order valence-electron chi connectivity index (χ3n) is 4.86. The Balaban J connectivity index is 1.65. The molecule has 0 amide bonds. The van der Waals surface area contributed by atoms with E-state index < -0.39 is 0 Å². The Morgan fingerprint density at radius 3 is 2.74 bits per heavy atom. The third kappa shape index (κ3) is 2.88. The van der Waals surface area contributed by atoms with Crippen molar-refractivity contribution in [3.8, 4) is 0 Å². The molecule has 3 unspecified atom stereocenters. The van der Waals surface area contributed by atoms with Crippen molar-refractivity contribution in [2.24, 2.45) is 5.92 Å². The number of rotatable bonds is 4. The normalized spacial score (nSPS) is 32.2. The van der Waals surface area contributed by atoms with Crippen LogP contribution in [0.3, 0.4) is 0 Å². The van der Waals surface area contributed by atoms with Crippen LogP contribution < -0.4 is 0 Å². The van der Waals surface area contributed by atoms with Crippen LogP contribution in [-0.4, -0.2) is 28.7 Å². The van der Waals surface area contributed by atoms with Gasteiger partial charge >= 0.3 is 0 Å². The van der Waals surface area contributed by atoms with Crippen molar-refractivity contribution in [1.82, 2.24) is 4.90 Å². The molecule has 3 rings (SSSR count). The number of aryl methyl sites for hydroxylation is 1. The molecule has 1 aliphatic heterocycles. The average molecular weight is 279 g/mol. The van der Waals surface area contributed by atoms with Crippen molar-refractivity contribution >= 4 is 11.3 Å². The summed E-state index contributed by atoms with van der Waals surface area (Å²) in [4.78, 5) is 5.62. The Kier molecular flexibility index (Phi) is 4.25. The van der Waals surface area contributed by atoms with Gasteiger partial charge in [-0.15, -0.1) is 11.3 Å². The Hall–Kier alpha value is -0.380. The lowest BCUT2D eigenvalue weighted by atomic mass is 9.94. The molecule has 3 atom stereocenters. The van der Waals surface area contributed by atoms with E-state index in [0.717, 1.165) is 19.4 Å². The summed E-state index contributed by atoms with van der Waals surface area (Å²) in [7, 11) is 0. The van der Waals surface area contributed by atoms with Gasteiger partial charge < -0.3 is 5.11 Å². The quantitative estimate of drug-likeness (QED) is 0.912. The van der Waals surface area contributed by atoms with E-state index >= 15 is 0 Å². The predicted molar refractivity (Wildman–Crippen MR) is 80.5 cm³/mol. The first-order valence-electron chi connectivity index (χ1n) is 7.77. The molecule has 2 heterocycles. The first-order valence-corrected chi connectivity index (χ1v) is 8.59. The second-order valence-electron chi connectivity index (χ2n) is 6.06. The van der Waals surface area contributed by atoms with E-state index in [1.807, 2.05) is 11.3 Å². The minimum atomic E-state index is -0.0415. The molecule has 1 saturated carbocycles. The summed E-state index contributed by atoms with van der Waals surface area (Å²) in [5.41, 5.74) is 0. The lowest BCUT2D eigenvalue weighted by molar-refractivity contribution is 0.0722. The lowest BCUT2D eigenvalue weighted by Gasteiger charge is -2.30. The summed E-state index contributed by atoms with van der Waals surface area (Å²) >= 11 is 1.96. The van der Waals surface area contributed by atoms with E-state index in [1.54, 1.807) is 0 Å². The van der Waals surface area contributed by atoms with Gasteiger partial charge in [0, 0.05) is 28.3 Å². The summed E-state index contributed by atoms with van der Waals surface area (Å²) in [6.45, 7) is 4.54. The van der Waals surface area contributed by atoms with E-state index in [4.69, 9.17) is 0 Å². The van der Waals surface area contributed by atoms with Gasteiger partial charge in [-0.05, 0) is 50.8 Å². The molecule has 1 N–H and O–H groups in total. The third-order valence-corrected chi connectivity index (χ3v) is 6.08. The first-order chi connectivity index (χ1) is 9.28. The average Bonchev–Trinajstić information content (AvgIpc) is 3.10. The van der Waals surface area contributed by atoms with E-state index in [2.05, 4.69) is 24.0 Å². The number of thiophene rings is 1. The van der Waals surface area contributed by atoms with Gasteiger partial charge in [0.2, 0.25) is 0 Å². The van der Waals surface area contributed by atoms with Crippen molar-refractivity contribution in [3.63, 3.8) is 0 Å². The minimum Gasteiger partial charge on any atom is -0.393 e. The zero-order valence-electron chi connectivity index (χ0n) is 11.8. The van der Waals surface area contributed by atoms with E-state index in [9.17, 15) is 5.11 Å². The summed E-state index contributed by atoms with van der Waals surface area (Å²) in [6, 6.07) is 5.20. The van der Waals surface area contributed by atoms with Crippen molar-refractivity contribution < 1.29 is 5.11 Å². The Morgan fingerprint density at radius 1 is 1.21 bits per heavy atom. The summed E-state index contributed by atoms with van der Waals surface area (Å²) in [5, 5.41) is 10.2. The molecular weight excluding hydrogens is 254 g/mol. The molecule has 2 fully saturated rings. The molecule has 2 nitrogen and oxygen atoms in total. The van der Waals surface area contributed by atoms with Crippen LogP contribution in [0.1, 0.15) is 48.8 Å². The van der Waals surface area contributed by atoms with Crippen molar-refractivity contribution in [2.45, 2.75) is 64.1 Å². The zero-order chi connectivity index (χ0) is 13.2. The van der Waals surface area contributed by atoms with Gasteiger partial charge in [0.15, 0.2) is 0 Å². The highest BCUT2D eigenvalue weighted by molar-refractivity contribution is 7.11. The molecule has 1 saturated heterocycles. The van der Waals surface area contributed by atoms with Crippen LogP contribution in [0.25, 0.3) is 0 Å². The highest BCUT2D eigenvalue weighted by Gasteiger charge is 2.38. The van der Waals surface area contributed by atoms with Gasteiger partial charge in [-0.3, -0.25) is 4.90 Å². The number of aliphatic hydroxyl groups excluding tert-OH is 1. The van der Waals surface area contributed by atoms with Crippen LogP contribution >= 0.6 is 11.3 Å². The van der Waals surface area contributed by atoms with Gasteiger partial charge in [0.1, 0.15) is 0 Å². The molecule has 1 aliphatic carbocycles. The summed E-state index contributed by atoms with van der Waals surface area (Å²) < 4.78 is 0. The molecular formula is C16H25NOS. The van der Waals surface area contributed by atoms with Crippen LogP contribution in [0.5, 0.6) is 0 Å². The highest BCUT2D eigenvalue weighted by Crippen LogP contribution is 2.36. The maximum absolute atomic E-state index is 10.2. The van der Waals surface area contributed by atoms with Crippen LogP contribution in [0.15, 0.2) is 12.1 Å². The number of hydrogen-bond acceptors (Lipinski definition) is 3. The molecule has 3 heteroatoms. The Labute approximate surface area is 120 Å². The summed E-state index contributed by atoms with van der Waals surface area (Å²) in [6.07, 6.45) is 7.17. The predicted octanol–water partition coefficient (Wildman–Crippen LogP) is 3.44. The van der Waals surface area contributed by atoms with E-state index in [1.165, 1.54) is 42.0 Å². The molecule has 0 radical (unpaired) electrons. The number of nitrogens with zero attached hydrogens (tertiary/aromatic N) is 1. The van der Waals surface area contributed by atoms with Gasteiger partial charge in [-0.1, -0.05) is 13.3 Å². The zero-order valence-corrected chi connectivity index (χ0v) is 12.7. The fraction of sp³-hybridized carbons (Fsp3) is 0.750. The topological polar surface area (TPSA) is 23.5 Å². The van der Waals surface area contributed by atoms with Crippen molar-refractivity contribution in [2.75, 3.05) is 6.54 Å². The number of hydrogen-bond donors (Lipinski definition) is 1. The Morgan fingerprint density at radius 2 is 2.05 bits per heavy atom. The van der Waals surface area contributed by atoms with Gasteiger partial charge in [0.05, 0.1) is 6.10 Å². The molecule has 2 aliphatic rings. The maximum atomic E-state index is 10.2. The maximum Gasteiger partial charge on any atom is 0.0583 e. The largest absolute Gasteiger partial charge is 0.393 e. The first kappa shape index (κ1) is 13.6. The molecule has 0 spiro atoms. The lowest BCUT2D eigenvalue weighted by Crippen LogP contribution is -2.38. The van der Waals surface area contributed by atoms with E-state index in [-0.39, 0.29) is 6.10 Å². The van der Waals surface area contributed by atoms with Gasteiger partial charge in [-0.2, -0.15) is 0 Å². The SMILES string of the molecule is CCc1ccc(CN2CCCC2C2CCCC2O)s1. The number of aliphatic hydroxyl groups is 1. The monoisotopic (exact) mass is 279 g/mol. The van der Waals surface area contributed by atoms with Crippen LogP contribution in [0, 0.1) is 5.92 Å².